The fourth-order valence-electron chi connectivity index (χ4n) is 1.20. The quantitative estimate of drug-likeness (QED) is 0.634. The molecule has 1 aliphatic rings. The highest BCUT2D eigenvalue weighted by molar-refractivity contribution is 7.98. The smallest absolute Gasteiger partial charge is 0.374 e. The Morgan fingerprint density at radius 2 is 2.44 bits per heavy atom. The standard InChI is InChI=1S/C10H9FN2O2S/c1-2-15-10(14)9-12-7-4-3-6(11)5-8(7)16-13-9/h3-5H,2H2,1H3,(H,12,13). The van der Waals surface area contributed by atoms with Crippen molar-refractivity contribution in [1.82, 2.24) is 4.72 Å². The van der Waals surface area contributed by atoms with Gasteiger partial charge in [-0.25, -0.2) is 14.2 Å². The third-order valence-electron chi connectivity index (χ3n) is 1.88. The summed E-state index contributed by atoms with van der Waals surface area (Å²) in [6.07, 6.45) is 0. The Kier molecular flexibility index (Phi) is 3.09. The van der Waals surface area contributed by atoms with Crippen LogP contribution in [0.25, 0.3) is 0 Å². The molecule has 16 heavy (non-hydrogen) atoms. The molecule has 0 unspecified atom stereocenters. The Bertz CT molecular complexity index is 462. The Hall–Kier alpha value is -1.56. The van der Waals surface area contributed by atoms with Gasteiger partial charge in [0.2, 0.25) is 5.84 Å². The predicted molar refractivity (Wildman–Crippen MR) is 59.1 cm³/mol. The highest BCUT2D eigenvalue weighted by Crippen LogP contribution is 2.31. The normalized spacial score (nSPS) is 13.5. The molecule has 0 atom stereocenters. The van der Waals surface area contributed by atoms with Crippen molar-refractivity contribution >= 4 is 29.4 Å². The first-order chi connectivity index (χ1) is 7.70. The van der Waals surface area contributed by atoms with Gasteiger partial charge in [-0.3, -0.25) is 0 Å². The van der Waals surface area contributed by atoms with Gasteiger partial charge < -0.3 is 9.46 Å². The average molecular weight is 240 g/mol. The van der Waals surface area contributed by atoms with E-state index >= 15 is 0 Å². The molecule has 0 radical (unpaired) electrons. The zero-order valence-electron chi connectivity index (χ0n) is 8.49. The van der Waals surface area contributed by atoms with E-state index in [1.54, 1.807) is 6.92 Å². The summed E-state index contributed by atoms with van der Waals surface area (Å²) in [7, 11) is 0. The number of hydrogen-bond donors (Lipinski definition) is 1. The van der Waals surface area contributed by atoms with E-state index in [-0.39, 0.29) is 11.7 Å². The predicted octanol–water partition coefficient (Wildman–Crippen LogP) is 2.03. The summed E-state index contributed by atoms with van der Waals surface area (Å²) in [4.78, 5) is 16.1. The molecule has 0 saturated heterocycles. The lowest BCUT2D eigenvalue weighted by Crippen LogP contribution is -2.29. The summed E-state index contributed by atoms with van der Waals surface area (Å²) >= 11 is 1.14. The third kappa shape index (κ3) is 2.16. The summed E-state index contributed by atoms with van der Waals surface area (Å²) in [5.74, 6) is -0.709. The fraction of sp³-hybridized carbons (Fsp3) is 0.200. The number of hydrogen-bond acceptors (Lipinski definition) is 5. The van der Waals surface area contributed by atoms with E-state index in [2.05, 4.69) is 9.71 Å². The highest BCUT2D eigenvalue weighted by Gasteiger charge is 2.19. The van der Waals surface area contributed by atoms with Crippen molar-refractivity contribution in [3.63, 3.8) is 0 Å². The summed E-state index contributed by atoms with van der Waals surface area (Å²) in [6, 6.07) is 4.19. The van der Waals surface area contributed by atoms with Crippen LogP contribution in [0.15, 0.2) is 28.1 Å². The van der Waals surface area contributed by atoms with Crippen LogP contribution in [0.5, 0.6) is 0 Å². The van der Waals surface area contributed by atoms with Crippen molar-refractivity contribution in [3.8, 4) is 0 Å². The van der Waals surface area contributed by atoms with Gasteiger partial charge in [0.15, 0.2) is 0 Å². The monoisotopic (exact) mass is 240 g/mol. The molecule has 0 spiro atoms. The van der Waals surface area contributed by atoms with Crippen LogP contribution in [-0.4, -0.2) is 18.4 Å². The molecule has 0 aromatic heterocycles. The lowest BCUT2D eigenvalue weighted by Gasteiger charge is -2.15. The summed E-state index contributed by atoms with van der Waals surface area (Å²) in [6.45, 7) is 2.01. The molecule has 1 aliphatic heterocycles. The van der Waals surface area contributed by atoms with Crippen molar-refractivity contribution < 1.29 is 13.9 Å². The zero-order chi connectivity index (χ0) is 11.5. The van der Waals surface area contributed by atoms with Crippen LogP contribution in [-0.2, 0) is 9.53 Å². The Morgan fingerprint density at radius 3 is 3.19 bits per heavy atom. The van der Waals surface area contributed by atoms with Crippen molar-refractivity contribution in [2.24, 2.45) is 4.99 Å². The van der Waals surface area contributed by atoms with E-state index in [4.69, 9.17) is 4.74 Å². The van der Waals surface area contributed by atoms with Crippen LogP contribution in [0.2, 0.25) is 0 Å². The average Bonchev–Trinajstić information content (AvgIpc) is 2.28. The molecular formula is C10H9FN2O2S. The number of halogens is 1. The Morgan fingerprint density at radius 1 is 1.62 bits per heavy atom. The SMILES string of the molecule is CCOC(=O)C1=Nc2ccc(F)cc2SN1. The minimum Gasteiger partial charge on any atom is -0.460 e. The number of ether oxygens (including phenoxy) is 1. The molecule has 1 heterocycles. The topological polar surface area (TPSA) is 50.7 Å². The maximum absolute atomic E-state index is 12.9. The van der Waals surface area contributed by atoms with E-state index < -0.39 is 5.97 Å². The molecule has 0 bridgehead atoms. The second-order valence-corrected chi connectivity index (χ2v) is 3.85. The number of rotatable bonds is 2. The van der Waals surface area contributed by atoms with Gasteiger partial charge in [0.1, 0.15) is 5.82 Å². The molecule has 6 heteroatoms. The van der Waals surface area contributed by atoms with Crippen molar-refractivity contribution in [2.75, 3.05) is 6.61 Å². The molecule has 0 fully saturated rings. The van der Waals surface area contributed by atoms with Crippen molar-refractivity contribution in [2.45, 2.75) is 11.8 Å². The number of carbonyl (C=O) groups excluding carboxylic acids is 1. The molecule has 4 nitrogen and oxygen atoms in total. The summed E-state index contributed by atoms with van der Waals surface area (Å²) in [5.41, 5.74) is 0.563. The van der Waals surface area contributed by atoms with Crippen LogP contribution in [0, 0.1) is 5.82 Å². The summed E-state index contributed by atoms with van der Waals surface area (Å²) in [5, 5.41) is 0. The number of carbonyl (C=O) groups is 1. The van der Waals surface area contributed by atoms with Crippen LogP contribution >= 0.6 is 11.9 Å². The summed E-state index contributed by atoms with van der Waals surface area (Å²) < 4.78 is 20.4. The van der Waals surface area contributed by atoms with Gasteiger partial charge in [0, 0.05) is 0 Å². The molecule has 0 saturated carbocycles. The van der Waals surface area contributed by atoms with E-state index in [1.807, 2.05) is 0 Å². The second kappa shape index (κ2) is 4.52. The van der Waals surface area contributed by atoms with Gasteiger partial charge in [-0.05, 0) is 37.1 Å². The Balaban J connectivity index is 2.28. The first-order valence-corrected chi connectivity index (χ1v) is 5.50. The number of nitrogens with zero attached hydrogens (tertiary/aromatic N) is 1. The molecule has 0 amide bonds. The first kappa shape index (κ1) is 10.9. The minimum atomic E-state index is -0.509. The highest BCUT2D eigenvalue weighted by atomic mass is 32.2. The number of esters is 1. The Labute approximate surface area is 96.0 Å². The van der Waals surface area contributed by atoms with Gasteiger partial charge in [0.25, 0.3) is 0 Å². The molecular weight excluding hydrogens is 231 g/mol. The minimum absolute atomic E-state index is 0.131. The van der Waals surface area contributed by atoms with Crippen LogP contribution in [0.3, 0.4) is 0 Å². The lowest BCUT2D eigenvalue weighted by atomic mass is 10.3. The molecule has 1 aromatic rings. The van der Waals surface area contributed by atoms with Crippen LogP contribution in [0.4, 0.5) is 10.1 Å². The second-order valence-electron chi connectivity index (χ2n) is 3.00. The van der Waals surface area contributed by atoms with Crippen LogP contribution < -0.4 is 4.72 Å². The molecule has 2 rings (SSSR count). The zero-order valence-corrected chi connectivity index (χ0v) is 9.31. The molecule has 1 N–H and O–H groups in total. The number of benzene rings is 1. The molecule has 0 aliphatic carbocycles. The van der Waals surface area contributed by atoms with E-state index in [0.717, 1.165) is 11.9 Å². The lowest BCUT2D eigenvalue weighted by molar-refractivity contribution is -0.135. The number of nitrogens with one attached hydrogen (secondary N) is 1. The van der Waals surface area contributed by atoms with E-state index in [0.29, 0.717) is 17.2 Å². The van der Waals surface area contributed by atoms with Gasteiger partial charge in [-0.15, -0.1) is 0 Å². The van der Waals surface area contributed by atoms with Crippen molar-refractivity contribution in [3.05, 3.63) is 24.0 Å². The maximum atomic E-state index is 12.9. The van der Waals surface area contributed by atoms with E-state index in [9.17, 15) is 9.18 Å². The van der Waals surface area contributed by atoms with Crippen LogP contribution in [0.1, 0.15) is 6.92 Å². The van der Waals surface area contributed by atoms with Gasteiger partial charge >= 0.3 is 5.97 Å². The fourth-order valence-corrected chi connectivity index (χ4v) is 1.92. The third-order valence-corrected chi connectivity index (χ3v) is 2.72. The number of aliphatic imine (C=N–C) groups is 1. The largest absolute Gasteiger partial charge is 0.460 e. The van der Waals surface area contributed by atoms with Crippen molar-refractivity contribution in [1.29, 1.82) is 0 Å². The van der Waals surface area contributed by atoms with Gasteiger partial charge in [-0.1, -0.05) is 0 Å². The molecule has 84 valence electrons. The van der Waals surface area contributed by atoms with E-state index in [1.165, 1.54) is 18.2 Å². The number of amidine groups is 1. The first-order valence-electron chi connectivity index (χ1n) is 4.69. The van der Waals surface area contributed by atoms with Gasteiger partial charge in [-0.2, -0.15) is 0 Å². The number of fused-ring (bicyclic) bond motifs is 1. The van der Waals surface area contributed by atoms with Gasteiger partial charge in [0.05, 0.1) is 17.2 Å². The maximum Gasteiger partial charge on any atom is 0.374 e. The molecule has 1 aromatic carbocycles.